The minimum atomic E-state index is 0.0813. The van der Waals surface area contributed by atoms with Gasteiger partial charge in [0.2, 0.25) is 0 Å². The van der Waals surface area contributed by atoms with Crippen LogP contribution in [0.2, 0.25) is 0 Å². The van der Waals surface area contributed by atoms with Crippen molar-refractivity contribution in [1.82, 2.24) is 0 Å². The fraction of sp³-hybridized carbons (Fsp3) is 0.214. The number of amides is 1. The van der Waals surface area contributed by atoms with Crippen molar-refractivity contribution >= 4 is 35.6 Å². The van der Waals surface area contributed by atoms with E-state index in [4.69, 9.17) is 0 Å². The molecule has 0 aliphatic carbocycles. The Morgan fingerprint density at radius 3 is 2.94 bits per heavy atom. The molecule has 2 heterocycles. The van der Waals surface area contributed by atoms with E-state index in [-0.39, 0.29) is 11.9 Å². The van der Waals surface area contributed by atoms with E-state index in [1.54, 1.807) is 0 Å². The predicted octanol–water partition coefficient (Wildman–Crippen LogP) is 3.63. The number of carbonyl (C=O) groups excluding carboxylic acids is 1. The number of benzene rings is 1. The van der Waals surface area contributed by atoms with Crippen LogP contribution in [0.15, 0.2) is 40.6 Å². The monoisotopic (exact) mass is 275 g/mol. The van der Waals surface area contributed by atoms with E-state index in [1.165, 1.54) is 16.9 Å². The third kappa shape index (κ3) is 1.85. The van der Waals surface area contributed by atoms with Crippen molar-refractivity contribution in [3.63, 3.8) is 0 Å². The Morgan fingerprint density at radius 1 is 1.44 bits per heavy atom. The van der Waals surface area contributed by atoms with Gasteiger partial charge in [-0.3, -0.25) is 4.79 Å². The third-order valence-electron chi connectivity index (χ3n) is 3.22. The third-order valence-corrected chi connectivity index (χ3v) is 4.57. The highest BCUT2D eigenvalue weighted by molar-refractivity contribution is 7.80. The van der Waals surface area contributed by atoms with E-state index in [0.717, 1.165) is 21.9 Å². The molecule has 0 bridgehead atoms. The number of hydrogen-bond acceptors (Lipinski definition) is 3. The van der Waals surface area contributed by atoms with Gasteiger partial charge in [0.05, 0.1) is 4.88 Å². The average molecular weight is 275 g/mol. The highest BCUT2D eigenvalue weighted by Gasteiger charge is 2.31. The van der Waals surface area contributed by atoms with Gasteiger partial charge in [0.1, 0.15) is 0 Å². The van der Waals surface area contributed by atoms with Crippen LogP contribution in [-0.2, 0) is 6.42 Å². The zero-order valence-electron chi connectivity index (χ0n) is 9.96. The molecule has 1 aromatic carbocycles. The van der Waals surface area contributed by atoms with Gasteiger partial charge in [-0.15, -0.1) is 24.0 Å². The summed E-state index contributed by atoms with van der Waals surface area (Å²) in [5.41, 5.74) is 2.30. The largest absolute Gasteiger partial charge is 0.304 e. The van der Waals surface area contributed by atoms with Gasteiger partial charge in [0.15, 0.2) is 0 Å². The summed E-state index contributed by atoms with van der Waals surface area (Å²) in [5.74, 6) is 0.0813. The van der Waals surface area contributed by atoms with Crippen molar-refractivity contribution in [3.05, 3.63) is 46.2 Å². The smallest absolute Gasteiger partial charge is 0.268 e. The first-order chi connectivity index (χ1) is 8.66. The molecule has 1 amide bonds. The van der Waals surface area contributed by atoms with Crippen LogP contribution in [-0.4, -0.2) is 11.9 Å². The molecule has 0 N–H and O–H groups in total. The lowest BCUT2D eigenvalue weighted by Crippen LogP contribution is -2.35. The topological polar surface area (TPSA) is 20.3 Å². The normalized spacial score (nSPS) is 17.9. The maximum absolute atomic E-state index is 12.5. The number of carbonyl (C=O) groups is 1. The second-order valence-corrected chi connectivity index (χ2v) is 5.95. The number of anilines is 1. The number of nitrogens with zero attached hydrogens (tertiary/aromatic N) is 1. The summed E-state index contributed by atoms with van der Waals surface area (Å²) >= 11 is 5.71. The molecule has 0 saturated heterocycles. The van der Waals surface area contributed by atoms with Gasteiger partial charge in [-0.25, -0.2) is 0 Å². The quantitative estimate of drug-likeness (QED) is 0.788. The molecule has 0 saturated carbocycles. The van der Waals surface area contributed by atoms with Crippen LogP contribution in [0, 0.1) is 0 Å². The van der Waals surface area contributed by atoms with Crippen LogP contribution < -0.4 is 4.90 Å². The predicted molar refractivity (Wildman–Crippen MR) is 78.0 cm³/mol. The fourth-order valence-corrected chi connectivity index (χ4v) is 3.52. The van der Waals surface area contributed by atoms with Crippen molar-refractivity contribution < 1.29 is 4.79 Å². The highest BCUT2D eigenvalue weighted by atomic mass is 32.1. The lowest BCUT2D eigenvalue weighted by atomic mass is 10.1. The van der Waals surface area contributed by atoms with E-state index >= 15 is 0 Å². The summed E-state index contributed by atoms with van der Waals surface area (Å²) in [4.78, 5) is 16.0. The molecule has 0 spiro atoms. The first kappa shape index (κ1) is 11.8. The Labute approximate surface area is 116 Å². The summed E-state index contributed by atoms with van der Waals surface area (Å²) in [6.07, 6.45) is 0.932. The maximum atomic E-state index is 12.5. The summed E-state index contributed by atoms with van der Waals surface area (Å²) in [6.45, 7) is 2.09. The first-order valence-corrected chi connectivity index (χ1v) is 7.18. The molecular weight excluding hydrogens is 262 g/mol. The molecule has 1 aliphatic rings. The Bertz CT molecular complexity index is 605. The number of thiophene rings is 1. The molecule has 2 nitrogen and oxygen atoms in total. The van der Waals surface area contributed by atoms with Gasteiger partial charge in [-0.05, 0) is 31.0 Å². The Kier molecular flexibility index (Phi) is 2.92. The molecule has 0 fully saturated rings. The Morgan fingerprint density at radius 2 is 2.22 bits per heavy atom. The van der Waals surface area contributed by atoms with Crippen LogP contribution in [0.1, 0.15) is 22.2 Å². The van der Waals surface area contributed by atoms with Gasteiger partial charge in [-0.1, -0.05) is 18.2 Å². The van der Waals surface area contributed by atoms with E-state index < -0.39 is 0 Å². The second kappa shape index (κ2) is 4.44. The summed E-state index contributed by atoms with van der Waals surface area (Å²) in [5, 5.41) is 1.89. The molecule has 1 aliphatic heterocycles. The van der Waals surface area contributed by atoms with E-state index in [9.17, 15) is 4.79 Å². The van der Waals surface area contributed by atoms with E-state index in [1.807, 2.05) is 34.5 Å². The average Bonchev–Trinajstić information content (AvgIpc) is 2.91. The van der Waals surface area contributed by atoms with Crippen molar-refractivity contribution in [3.8, 4) is 0 Å². The summed E-state index contributed by atoms with van der Waals surface area (Å²) < 4.78 is 0. The first-order valence-electron chi connectivity index (χ1n) is 5.86. The number of hydrogen-bond donors (Lipinski definition) is 1. The number of thiol groups is 1. The zero-order valence-corrected chi connectivity index (χ0v) is 11.7. The molecule has 4 heteroatoms. The van der Waals surface area contributed by atoms with Crippen LogP contribution in [0.4, 0.5) is 5.69 Å². The van der Waals surface area contributed by atoms with Crippen LogP contribution in [0.3, 0.4) is 0 Å². The van der Waals surface area contributed by atoms with Crippen molar-refractivity contribution in [2.24, 2.45) is 0 Å². The van der Waals surface area contributed by atoms with Gasteiger partial charge >= 0.3 is 0 Å². The molecule has 1 atom stereocenters. The van der Waals surface area contributed by atoms with Crippen LogP contribution >= 0.6 is 24.0 Å². The van der Waals surface area contributed by atoms with Gasteiger partial charge < -0.3 is 4.90 Å². The lowest BCUT2D eigenvalue weighted by Gasteiger charge is -2.21. The highest BCUT2D eigenvalue weighted by Crippen LogP contribution is 2.34. The van der Waals surface area contributed by atoms with E-state index in [0.29, 0.717) is 0 Å². The molecule has 92 valence electrons. The molecule has 3 rings (SSSR count). The molecule has 2 aromatic rings. The Hall–Kier alpha value is -1.26. The van der Waals surface area contributed by atoms with E-state index in [2.05, 4.69) is 25.6 Å². The summed E-state index contributed by atoms with van der Waals surface area (Å²) in [7, 11) is 0. The SMILES string of the molecule is CC1Cc2ccccc2N1C(=O)c1cc(S)cs1. The Balaban J connectivity index is 2.00. The fourth-order valence-electron chi connectivity index (χ4n) is 2.43. The number of rotatable bonds is 1. The molecule has 1 aromatic heterocycles. The number of para-hydroxylation sites is 1. The molecular formula is C14H13NOS2. The van der Waals surface area contributed by atoms with Crippen molar-refractivity contribution in [2.45, 2.75) is 24.3 Å². The lowest BCUT2D eigenvalue weighted by molar-refractivity contribution is 0.0985. The minimum absolute atomic E-state index is 0.0813. The molecule has 1 unspecified atom stereocenters. The van der Waals surface area contributed by atoms with Crippen LogP contribution in [0.25, 0.3) is 0 Å². The van der Waals surface area contributed by atoms with Gasteiger partial charge in [0, 0.05) is 22.0 Å². The second-order valence-electron chi connectivity index (χ2n) is 4.53. The summed E-state index contributed by atoms with van der Waals surface area (Å²) in [6, 6.07) is 10.2. The molecule has 18 heavy (non-hydrogen) atoms. The standard InChI is InChI=1S/C14H13NOS2/c1-9-6-10-4-2-3-5-12(10)15(9)14(16)13-7-11(17)8-18-13/h2-5,7-9,17H,6H2,1H3. The van der Waals surface area contributed by atoms with Crippen molar-refractivity contribution in [1.29, 1.82) is 0 Å². The molecule has 0 radical (unpaired) electrons. The van der Waals surface area contributed by atoms with Gasteiger partial charge in [0.25, 0.3) is 5.91 Å². The van der Waals surface area contributed by atoms with Crippen LogP contribution in [0.5, 0.6) is 0 Å². The zero-order chi connectivity index (χ0) is 12.7. The minimum Gasteiger partial charge on any atom is -0.304 e. The van der Waals surface area contributed by atoms with Gasteiger partial charge in [-0.2, -0.15) is 0 Å². The van der Waals surface area contributed by atoms with Crippen molar-refractivity contribution in [2.75, 3.05) is 4.90 Å². The maximum Gasteiger partial charge on any atom is 0.268 e. The number of fused-ring (bicyclic) bond motifs is 1.